The van der Waals surface area contributed by atoms with E-state index >= 15 is 0 Å². The topological polar surface area (TPSA) is 113 Å². The summed E-state index contributed by atoms with van der Waals surface area (Å²) < 4.78 is 0.881. The van der Waals surface area contributed by atoms with Gasteiger partial charge in [0.15, 0.2) is 5.78 Å². The molecule has 0 radical (unpaired) electrons. The zero-order valence-electron chi connectivity index (χ0n) is 23.5. The molecule has 44 heavy (non-hydrogen) atoms. The number of benzene rings is 4. The zero-order chi connectivity index (χ0) is 31.2. The summed E-state index contributed by atoms with van der Waals surface area (Å²) in [5.41, 5.74) is 2.60. The van der Waals surface area contributed by atoms with Crippen molar-refractivity contribution in [3.63, 3.8) is 0 Å². The molecule has 0 aliphatic carbocycles. The minimum atomic E-state index is -0.607. The van der Waals surface area contributed by atoms with E-state index in [1.807, 2.05) is 24.3 Å². The smallest absolute Gasteiger partial charge is 0.272 e. The molecule has 220 valence electrons. The third-order valence-electron chi connectivity index (χ3n) is 6.74. The van der Waals surface area contributed by atoms with Crippen LogP contribution in [0.5, 0.6) is 0 Å². The minimum Gasteiger partial charge on any atom is -0.321 e. The first-order valence-electron chi connectivity index (χ1n) is 13.6. The minimum absolute atomic E-state index is 0.0434. The molecule has 0 spiro atoms. The maximum absolute atomic E-state index is 13.3. The number of thioether (sulfide) groups is 1. The Morgan fingerprint density at radius 2 is 1.50 bits per heavy atom. The van der Waals surface area contributed by atoms with Crippen LogP contribution >= 0.6 is 27.7 Å². The van der Waals surface area contributed by atoms with Crippen molar-refractivity contribution >= 4 is 74.6 Å². The zero-order valence-corrected chi connectivity index (χ0v) is 25.9. The Labute approximate surface area is 266 Å². The molecule has 4 aromatic rings. The van der Waals surface area contributed by atoms with Crippen LogP contribution in [0.4, 0.5) is 11.4 Å². The van der Waals surface area contributed by atoms with Gasteiger partial charge in [-0.2, -0.15) is 0 Å². The number of ketones is 1. The first kappa shape index (κ1) is 30.7. The van der Waals surface area contributed by atoms with E-state index in [-0.39, 0.29) is 29.7 Å². The lowest BCUT2D eigenvalue weighted by atomic mass is 10.1. The second kappa shape index (κ2) is 13.7. The molecule has 1 aliphatic heterocycles. The maximum atomic E-state index is 13.3. The molecule has 4 amide bonds. The van der Waals surface area contributed by atoms with Gasteiger partial charge in [-0.25, -0.2) is 4.90 Å². The van der Waals surface area contributed by atoms with Gasteiger partial charge in [-0.05, 0) is 91.4 Å². The molecule has 1 saturated heterocycles. The Balaban J connectivity index is 1.26. The summed E-state index contributed by atoms with van der Waals surface area (Å²) >= 11 is 4.66. The van der Waals surface area contributed by atoms with E-state index in [0.29, 0.717) is 22.5 Å². The van der Waals surface area contributed by atoms with Crippen molar-refractivity contribution in [1.29, 1.82) is 0 Å². The highest BCUT2D eigenvalue weighted by atomic mass is 79.9. The number of carbonyl (C=O) groups is 5. The van der Waals surface area contributed by atoms with Crippen molar-refractivity contribution in [2.75, 3.05) is 10.2 Å². The molecule has 1 atom stereocenters. The van der Waals surface area contributed by atoms with Crippen LogP contribution < -0.4 is 15.5 Å². The lowest BCUT2D eigenvalue weighted by Crippen LogP contribution is -2.31. The lowest BCUT2D eigenvalue weighted by molar-refractivity contribution is -0.121. The number of Topliss-reactive ketones (excluding diaryl/α,β-unsaturated/α-hetero) is 1. The average molecular weight is 669 g/mol. The van der Waals surface area contributed by atoms with Crippen molar-refractivity contribution < 1.29 is 24.0 Å². The second-order valence-electron chi connectivity index (χ2n) is 9.89. The number of nitrogens with one attached hydrogen (secondary N) is 2. The predicted molar refractivity (Wildman–Crippen MR) is 174 cm³/mol. The fourth-order valence-electron chi connectivity index (χ4n) is 4.46. The van der Waals surface area contributed by atoms with Crippen molar-refractivity contribution in [3.05, 3.63) is 130 Å². The van der Waals surface area contributed by atoms with Crippen LogP contribution in [0.1, 0.15) is 39.6 Å². The van der Waals surface area contributed by atoms with Gasteiger partial charge >= 0.3 is 0 Å². The van der Waals surface area contributed by atoms with Crippen molar-refractivity contribution in [2.45, 2.75) is 23.5 Å². The van der Waals surface area contributed by atoms with E-state index in [1.54, 1.807) is 84.9 Å². The molecule has 0 bridgehead atoms. The van der Waals surface area contributed by atoms with Crippen LogP contribution in [-0.4, -0.2) is 34.7 Å². The maximum Gasteiger partial charge on any atom is 0.272 e. The molecule has 2 N–H and O–H groups in total. The molecule has 5 rings (SSSR count). The van der Waals surface area contributed by atoms with Crippen LogP contribution in [0.2, 0.25) is 0 Å². The molecule has 1 unspecified atom stereocenters. The van der Waals surface area contributed by atoms with Gasteiger partial charge in [0.2, 0.25) is 11.8 Å². The van der Waals surface area contributed by atoms with Gasteiger partial charge in [-0.1, -0.05) is 46.3 Å². The number of anilines is 2. The summed E-state index contributed by atoms with van der Waals surface area (Å²) in [6, 6.07) is 29.2. The number of halogens is 1. The van der Waals surface area contributed by atoms with Gasteiger partial charge in [0.05, 0.1) is 10.9 Å². The van der Waals surface area contributed by atoms with Crippen LogP contribution in [-0.2, 0) is 14.4 Å². The van der Waals surface area contributed by atoms with Gasteiger partial charge in [-0.3, -0.25) is 24.0 Å². The van der Waals surface area contributed by atoms with E-state index in [0.717, 1.165) is 19.8 Å². The highest BCUT2D eigenvalue weighted by Gasteiger charge is 2.40. The first-order valence-corrected chi connectivity index (χ1v) is 15.2. The van der Waals surface area contributed by atoms with Gasteiger partial charge in [-0.15, -0.1) is 11.8 Å². The number of rotatable bonds is 9. The van der Waals surface area contributed by atoms with E-state index < -0.39 is 17.1 Å². The predicted octanol–water partition coefficient (Wildman–Crippen LogP) is 6.49. The Morgan fingerprint density at radius 1 is 0.841 bits per heavy atom. The van der Waals surface area contributed by atoms with Crippen LogP contribution in [0.25, 0.3) is 6.08 Å². The molecular weight excluding hydrogens is 642 g/mol. The summed E-state index contributed by atoms with van der Waals surface area (Å²) in [5.74, 6) is -1.67. The fourth-order valence-corrected chi connectivity index (χ4v) is 5.78. The summed E-state index contributed by atoms with van der Waals surface area (Å²) in [7, 11) is 0. The van der Waals surface area contributed by atoms with Gasteiger partial charge in [0.25, 0.3) is 11.8 Å². The molecule has 0 saturated carbocycles. The number of hydrogen-bond donors (Lipinski definition) is 2. The fraction of sp³-hybridized carbons (Fsp3) is 0.0882. The summed E-state index contributed by atoms with van der Waals surface area (Å²) in [5, 5.41) is 4.92. The Bertz CT molecular complexity index is 1760. The molecule has 8 nitrogen and oxygen atoms in total. The third-order valence-corrected chi connectivity index (χ3v) is 8.46. The molecular formula is C34H26BrN3O5S. The molecule has 1 heterocycles. The average Bonchev–Trinajstić information content (AvgIpc) is 3.30. The summed E-state index contributed by atoms with van der Waals surface area (Å²) in [6.45, 7) is 1.45. The van der Waals surface area contributed by atoms with Crippen LogP contribution in [0, 0.1) is 0 Å². The van der Waals surface area contributed by atoms with Crippen molar-refractivity contribution in [2.24, 2.45) is 0 Å². The molecule has 10 heteroatoms. The summed E-state index contributed by atoms with van der Waals surface area (Å²) in [4.78, 5) is 65.4. The van der Waals surface area contributed by atoms with E-state index in [1.165, 1.54) is 18.7 Å². The molecule has 4 aromatic carbocycles. The van der Waals surface area contributed by atoms with E-state index in [4.69, 9.17) is 0 Å². The number of imide groups is 1. The number of carbonyl (C=O) groups excluding carboxylic acids is 5. The van der Waals surface area contributed by atoms with E-state index in [9.17, 15) is 24.0 Å². The monoisotopic (exact) mass is 667 g/mol. The van der Waals surface area contributed by atoms with Crippen molar-refractivity contribution in [3.8, 4) is 0 Å². The molecule has 1 aliphatic rings. The Hall–Kier alpha value is -4.80. The summed E-state index contributed by atoms with van der Waals surface area (Å²) in [6.07, 6.45) is 1.64. The highest BCUT2D eigenvalue weighted by Crippen LogP contribution is 2.34. The largest absolute Gasteiger partial charge is 0.321 e. The Kier molecular flexibility index (Phi) is 9.52. The van der Waals surface area contributed by atoms with Gasteiger partial charge < -0.3 is 10.6 Å². The standard InChI is InChI=1S/C34H26BrN3O5S/c1-21(39)23-9-15-27(16-10-23)38-31(40)20-30(34(38)43)44-28-17-13-26(14-18-28)36-33(42)29(19-22-7-11-25(35)12-8-22)37-32(41)24-5-3-2-4-6-24/h2-19,30H,20H2,1H3,(H,36,42)(H,37,41)/b29-19-. The molecule has 1 fully saturated rings. The van der Waals surface area contributed by atoms with Crippen LogP contribution in [0.15, 0.2) is 118 Å². The van der Waals surface area contributed by atoms with Gasteiger partial charge in [0.1, 0.15) is 5.70 Å². The second-order valence-corrected chi connectivity index (χ2v) is 12.1. The first-order chi connectivity index (χ1) is 21.2. The van der Waals surface area contributed by atoms with E-state index in [2.05, 4.69) is 26.6 Å². The Morgan fingerprint density at radius 3 is 2.14 bits per heavy atom. The SMILES string of the molecule is CC(=O)c1ccc(N2C(=O)CC(Sc3ccc(NC(=O)/C(=C/c4ccc(Br)cc4)NC(=O)c4ccccc4)cc3)C2=O)cc1. The van der Waals surface area contributed by atoms with Crippen LogP contribution in [0.3, 0.4) is 0 Å². The number of nitrogens with zero attached hydrogens (tertiary/aromatic N) is 1. The number of amides is 4. The lowest BCUT2D eigenvalue weighted by Gasteiger charge is -2.15. The quantitative estimate of drug-likeness (QED) is 0.120. The van der Waals surface area contributed by atoms with Crippen molar-refractivity contribution in [1.82, 2.24) is 5.32 Å². The highest BCUT2D eigenvalue weighted by molar-refractivity contribution is 9.10. The third kappa shape index (κ3) is 7.39. The molecule has 0 aromatic heterocycles. The van der Waals surface area contributed by atoms with Gasteiger partial charge in [0, 0.05) is 32.6 Å². The normalized spacial score (nSPS) is 14.8. The number of hydrogen-bond acceptors (Lipinski definition) is 6.